The van der Waals surface area contributed by atoms with Gasteiger partial charge in [0.15, 0.2) is 0 Å². The number of hydrogen-bond donors (Lipinski definition) is 1. The third kappa shape index (κ3) is 3.16. The van der Waals surface area contributed by atoms with Crippen molar-refractivity contribution in [2.24, 2.45) is 0 Å². The predicted molar refractivity (Wildman–Crippen MR) is 95.5 cm³/mol. The topological polar surface area (TPSA) is 50.7 Å². The molecule has 0 spiro atoms. The van der Waals surface area contributed by atoms with Crippen LogP contribution in [0.3, 0.4) is 0 Å². The van der Waals surface area contributed by atoms with Crippen molar-refractivity contribution in [2.75, 3.05) is 0 Å². The molecule has 2 heterocycles. The van der Waals surface area contributed by atoms with Gasteiger partial charge in [-0.15, -0.1) is 0 Å². The summed E-state index contributed by atoms with van der Waals surface area (Å²) in [4.78, 5) is 19.2. The first-order valence-electron chi connectivity index (χ1n) is 7.94. The number of H-pyrrole nitrogens is 1. The summed E-state index contributed by atoms with van der Waals surface area (Å²) in [7, 11) is 0. The van der Waals surface area contributed by atoms with E-state index in [1.54, 1.807) is 6.20 Å². The van der Waals surface area contributed by atoms with Crippen LogP contribution in [-0.4, -0.2) is 14.5 Å². The summed E-state index contributed by atoms with van der Waals surface area (Å²) in [6.07, 6.45) is 4.20. The van der Waals surface area contributed by atoms with E-state index in [4.69, 9.17) is 0 Å². The van der Waals surface area contributed by atoms with E-state index in [2.05, 4.69) is 21.8 Å². The highest BCUT2D eigenvalue weighted by atomic mass is 16.1. The summed E-state index contributed by atoms with van der Waals surface area (Å²) in [5.74, 6) is 7.05. The van der Waals surface area contributed by atoms with Crippen LogP contribution in [0.2, 0.25) is 0 Å². The van der Waals surface area contributed by atoms with Crippen LogP contribution in [0, 0.1) is 25.7 Å². The molecule has 3 rings (SSSR count). The molecule has 1 N–H and O–H groups in total. The highest BCUT2D eigenvalue weighted by Gasteiger charge is 2.10. The van der Waals surface area contributed by atoms with Crippen molar-refractivity contribution in [1.29, 1.82) is 0 Å². The lowest BCUT2D eigenvalue weighted by Gasteiger charge is -2.08. The second-order valence-electron chi connectivity index (χ2n) is 5.69. The van der Waals surface area contributed by atoms with Gasteiger partial charge >= 0.3 is 0 Å². The van der Waals surface area contributed by atoms with Crippen molar-refractivity contribution >= 4 is 0 Å². The molecule has 0 atom stereocenters. The molecule has 0 saturated carbocycles. The van der Waals surface area contributed by atoms with Crippen LogP contribution in [0.1, 0.15) is 35.1 Å². The van der Waals surface area contributed by atoms with Gasteiger partial charge in [0.25, 0.3) is 5.56 Å². The Kier molecular flexibility index (Phi) is 4.35. The second-order valence-corrected chi connectivity index (χ2v) is 5.69. The first kappa shape index (κ1) is 15.8. The van der Waals surface area contributed by atoms with E-state index < -0.39 is 0 Å². The number of aromatic nitrogens is 3. The molecule has 0 aliphatic carbocycles. The minimum Gasteiger partial charge on any atom is -0.329 e. The molecule has 4 nitrogen and oxygen atoms in total. The van der Waals surface area contributed by atoms with Gasteiger partial charge in [-0.3, -0.25) is 4.79 Å². The van der Waals surface area contributed by atoms with Gasteiger partial charge in [0.1, 0.15) is 11.5 Å². The van der Waals surface area contributed by atoms with E-state index in [0.29, 0.717) is 12.1 Å². The zero-order valence-electron chi connectivity index (χ0n) is 14.1. The molecular weight excluding hydrogens is 298 g/mol. The van der Waals surface area contributed by atoms with Crippen LogP contribution in [0.5, 0.6) is 0 Å². The van der Waals surface area contributed by atoms with Crippen molar-refractivity contribution in [1.82, 2.24) is 14.5 Å². The Labute approximate surface area is 141 Å². The van der Waals surface area contributed by atoms with E-state index in [1.165, 1.54) is 5.56 Å². The van der Waals surface area contributed by atoms with Crippen molar-refractivity contribution in [2.45, 2.75) is 27.2 Å². The maximum absolute atomic E-state index is 12.0. The molecule has 24 heavy (non-hydrogen) atoms. The molecule has 0 aliphatic heterocycles. The monoisotopic (exact) mass is 317 g/mol. The lowest BCUT2D eigenvalue weighted by atomic mass is 10.1. The minimum absolute atomic E-state index is 0.0597. The van der Waals surface area contributed by atoms with Crippen LogP contribution in [0.25, 0.3) is 5.69 Å². The van der Waals surface area contributed by atoms with E-state index in [0.717, 1.165) is 22.6 Å². The minimum atomic E-state index is -0.0597. The molecule has 0 amide bonds. The van der Waals surface area contributed by atoms with Crippen molar-refractivity contribution < 1.29 is 0 Å². The smallest absolute Gasteiger partial charge is 0.253 e. The number of nitrogens with one attached hydrogen (secondary N) is 1. The van der Waals surface area contributed by atoms with E-state index in [9.17, 15) is 4.79 Å². The third-order valence-electron chi connectivity index (χ3n) is 3.89. The average molecular weight is 317 g/mol. The number of hydrogen-bond acceptors (Lipinski definition) is 2. The van der Waals surface area contributed by atoms with E-state index >= 15 is 0 Å². The second kappa shape index (κ2) is 6.59. The first-order chi connectivity index (χ1) is 11.6. The number of aryl methyl sites for hydroxylation is 2. The molecule has 120 valence electrons. The van der Waals surface area contributed by atoms with Gasteiger partial charge in [0.05, 0.1) is 5.69 Å². The number of aromatic amines is 1. The Morgan fingerprint density at radius 1 is 1.21 bits per heavy atom. The number of pyridine rings is 1. The molecule has 2 aromatic heterocycles. The number of benzene rings is 1. The van der Waals surface area contributed by atoms with Gasteiger partial charge in [0, 0.05) is 23.5 Å². The van der Waals surface area contributed by atoms with Crippen molar-refractivity contribution in [3.05, 3.63) is 81.3 Å². The molecule has 0 bridgehead atoms. The van der Waals surface area contributed by atoms with Gasteiger partial charge in [-0.2, -0.15) is 0 Å². The van der Waals surface area contributed by atoms with Crippen LogP contribution < -0.4 is 5.56 Å². The van der Waals surface area contributed by atoms with Crippen LogP contribution in [-0.2, 0) is 6.42 Å². The normalized spacial score (nSPS) is 10.3. The number of nitrogens with zero attached hydrogens (tertiary/aromatic N) is 2. The van der Waals surface area contributed by atoms with Crippen LogP contribution >= 0.6 is 0 Å². The zero-order chi connectivity index (χ0) is 17.1. The average Bonchev–Trinajstić information content (AvgIpc) is 2.93. The first-order valence-corrected chi connectivity index (χ1v) is 7.94. The molecule has 4 heteroatoms. The number of imidazole rings is 1. The Bertz CT molecular complexity index is 999. The van der Waals surface area contributed by atoms with Gasteiger partial charge in [-0.1, -0.05) is 25.0 Å². The van der Waals surface area contributed by atoms with Gasteiger partial charge in [-0.05, 0) is 50.0 Å². The van der Waals surface area contributed by atoms with Crippen molar-refractivity contribution in [3.63, 3.8) is 0 Å². The fourth-order valence-corrected chi connectivity index (χ4v) is 2.70. The molecule has 0 radical (unpaired) electrons. The fourth-order valence-electron chi connectivity index (χ4n) is 2.70. The molecule has 0 aliphatic rings. The molecule has 0 fully saturated rings. The molecule has 1 aromatic carbocycles. The van der Waals surface area contributed by atoms with Gasteiger partial charge < -0.3 is 9.55 Å². The summed E-state index contributed by atoms with van der Waals surface area (Å²) >= 11 is 0. The highest BCUT2D eigenvalue weighted by molar-refractivity contribution is 5.45. The maximum Gasteiger partial charge on any atom is 0.253 e. The summed E-state index contributed by atoms with van der Waals surface area (Å²) in [5.41, 5.74) is 4.38. The summed E-state index contributed by atoms with van der Waals surface area (Å²) in [5, 5.41) is 0. The van der Waals surface area contributed by atoms with Crippen LogP contribution in [0.15, 0.2) is 47.5 Å². The van der Waals surface area contributed by atoms with Crippen LogP contribution in [0.4, 0.5) is 0 Å². The van der Waals surface area contributed by atoms with E-state index in [-0.39, 0.29) is 5.56 Å². The molecule has 0 saturated heterocycles. The van der Waals surface area contributed by atoms with Crippen molar-refractivity contribution in [3.8, 4) is 17.5 Å². The molecule has 3 aromatic rings. The quantitative estimate of drug-likeness (QED) is 0.738. The standard InChI is InChI=1S/C20H19N3O/c1-4-18-19(10-11-21-20(18)24)23-13-17(22-15(23)3)9-8-16-7-5-6-14(2)12-16/h5-7,10-13H,4H2,1-3H3,(H,21,24). The Morgan fingerprint density at radius 2 is 2.04 bits per heavy atom. The SMILES string of the molecule is CCc1c(-n2cc(C#Cc3cccc(C)c3)nc2C)cc[nH]c1=O. The molecular formula is C20H19N3O. The highest BCUT2D eigenvalue weighted by Crippen LogP contribution is 2.14. The molecule has 0 unspecified atom stereocenters. The van der Waals surface area contributed by atoms with Gasteiger partial charge in [0.2, 0.25) is 0 Å². The zero-order valence-corrected chi connectivity index (χ0v) is 14.1. The number of rotatable bonds is 2. The fraction of sp³-hybridized carbons (Fsp3) is 0.200. The maximum atomic E-state index is 12.0. The predicted octanol–water partition coefficient (Wildman–Crippen LogP) is 3.14. The Hall–Kier alpha value is -3.06. The van der Waals surface area contributed by atoms with Gasteiger partial charge in [-0.25, -0.2) is 4.98 Å². The largest absolute Gasteiger partial charge is 0.329 e. The summed E-state index contributed by atoms with van der Waals surface area (Å²) in [6.45, 7) is 5.93. The Balaban J connectivity index is 2.01. The summed E-state index contributed by atoms with van der Waals surface area (Å²) < 4.78 is 1.92. The summed E-state index contributed by atoms with van der Waals surface area (Å²) in [6, 6.07) is 9.96. The third-order valence-corrected chi connectivity index (χ3v) is 3.89. The Morgan fingerprint density at radius 3 is 2.79 bits per heavy atom. The lowest BCUT2D eigenvalue weighted by molar-refractivity contribution is 0.926. The van der Waals surface area contributed by atoms with E-state index in [1.807, 2.05) is 61.9 Å². The lowest BCUT2D eigenvalue weighted by Crippen LogP contribution is -2.15.